The van der Waals surface area contributed by atoms with Gasteiger partial charge in [0.25, 0.3) is 0 Å². The highest BCUT2D eigenvalue weighted by atomic mass is 32.3. The number of hydrazone groups is 1. The van der Waals surface area contributed by atoms with Crippen molar-refractivity contribution in [2.75, 3.05) is 11.5 Å². The second-order valence-corrected chi connectivity index (χ2v) is 9.14. The number of hydrogen-bond acceptors (Lipinski definition) is 6. The molecule has 0 aromatic rings. The molecule has 0 spiro atoms. The molecule has 1 aliphatic rings. The van der Waals surface area contributed by atoms with Crippen LogP contribution >= 0.6 is 11.8 Å². The fraction of sp³-hybridized carbons (Fsp3) is 0.889. The number of nitrogens with zero attached hydrogens (tertiary/aromatic N) is 1. The van der Waals surface area contributed by atoms with Gasteiger partial charge in [-0.15, -0.1) is 0 Å². The molecule has 1 N–H and O–H groups in total. The first-order valence-electron chi connectivity index (χ1n) is 5.61. The highest BCUT2D eigenvalue weighted by molar-refractivity contribution is 8.38. The number of nitrogens with one attached hydrogen (secondary N) is 1. The molecule has 2 atom stereocenters. The second kappa shape index (κ2) is 6.75. The van der Waals surface area contributed by atoms with Crippen molar-refractivity contribution in [1.29, 1.82) is 0 Å². The van der Waals surface area contributed by atoms with Gasteiger partial charge in [-0.1, -0.05) is 38.5 Å². The molecule has 1 heterocycles. The van der Waals surface area contributed by atoms with E-state index < -0.39 is 25.3 Å². The van der Waals surface area contributed by atoms with Crippen LogP contribution < -0.4 is 5.43 Å². The van der Waals surface area contributed by atoms with Gasteiger partial charge in [-0.3, -0.25) is 9.63 Å². The Bertz CT molecular complexity index is 406. The van der Waals surface area contributed by atoms with Gasteiger partial charge in [-0.2, -0.15) is 5.10 Å². The van der Waals surface area contributed by atoms with Gasteiger partial charge in [-0.25, -0.2) is 8.42 Å². The topological polar surface area (TPSA) is 75.6 Å². The van der Waals surface area contributed by atoms with Crippen LogP contribution in [0.1, 0.15) is 33.1 Å². The van der Waals surface area contributed by atoms with Gasteiger partial charge in [0, 0.05) is 5.75 Å². The maximum atomic E-state index is 11.8. The first-order valence-corrected chi connectivity index (χ1v) is 9.52. The smallest absolute Gasteiger partial charge is 0.211 e. The molecular formula is C9H18N2O3S3. The summed E-state index contributed by atoms with van der Waals surface area (Å²) in [5.74, 6) is 0.614. The van der Waals surface area contributed by atoms with E-state index in [9.17, 15) is 12.6 Å². The quantitative estimate of drug-likeness (QED) is 0.747. The minimum atomic E-state index is -3.27. The molecule has 0 fully saturated rings. The second-order valence-electron chi connectivity index (χ2n) is 3.65. The average Bonchev–Trinajstić information content (AvgIpc) is 2.79. The number of thioether (sulfide) groups is 1. The first-order chi connectivity index (χ1) is 8.01. The van der Waals surface area contributed by atoms with Crippen LogP contribution in [-0.4, -0.2) is 33.2 Å². The van der Waals surface area contributed by atoms with Gasteiger partial charge < -0.3 is 0 Å². The van der Waals surface area contributed by atoms with Crippen LogP contribution in [0.2, 0.25) is 0 Å². The molecule has 1 aliphatic heterocycles. The molecule has 8 heteroatoms. The van der Waals surface area contributed by atoms with Crippen molar-refractivity contribution >= 4 is 36.8 Å². The molecule has 0 saturated carbocycles. The highest BCUT2D eigenvalue weighted by Gasteiger charge is 2.31. The normalized spacial score (nSPS) is 22.0. The summed E-state index contributed by atoms with van der Waals surface area (Å²) in [6.45, 7) is 3.66. The lowest BCUT2D eigenvalue weighted by molar-refractivity contribution is 0.608. The summed E-state index contributed by atoms with van der Waals surface area (Å²) in [5.41, 5.74) is 2.65. The van der Waals surface area contributed by atoms with Crippen molar-refractivity contribution in [3.63, 3.8) is 0 Å². The fourth-order valence-electron chi connectivity index (χ4n) is 1.23. The Morgan fingerprint density at radius 1 is 1.41 bits per heavy atom. The minimum Gasteiger partial charge on any atom is -0.282 e. The molecule has 5 nitrogen and oxygen atoms in total. The van der Waals surface area contributed by atoms with Crippen LogP contribution in [0.3, 0.4) is 0 Å². The van der Waals surface area contributed by atoms with E-state index in [0.717, 1.165) is 31.0 Å². The Balaban J connectivity index is 2.46. The van der Waals surface area contributed by atoms with Gasteiger partial charge in [0.2, 0.25) is 14.2 Å². The molecule has 100 valence electrons. The Kier molecular flexibility index (Phi) is 5.94. The summed E-state index contributed by atoms with van der Waals surface area (Å²) in [4.78, 5) is 0. The number of rotatable bonds is 6. The summed E-state index contributed by atoms with van der Waals surface area (Å²) in [6, 6.07) is 0. The third-order valence-electron chi connectivity index (χ3n) is 2.30. The summed E-state index contributed by atoms with van der Waals surface area (Å²) >= 11 is 1.06. The summed E-state index contributed by atoms with van der Waals surface area (Å²) < 4.78 is 34.6. The van der Waals surface area contributed by atoms with Crippen molar-refractivity contribution in [3.8, 4) is 0 Å². The zero-order chi connectivity index (χ0) is 12.9. The molecular weight excluding hydrogens is 280 g/mol. The van der Waals surface area contributed by atoms with Crippen molar-refractivity contribution < 1.29 is 12.6 Å². The van der Waals surface area contributed by atoms with Gasteiger partial charge >= 0.3 is 0 Å². The molecule has 0 aromatic heterocycles. The predicted octanol–water partition coefficient (Wildman–Crippen LogP) is 1.25. The third-order valence-corrected chi connectivity index (χ3v) is 7.56. The fourth-order valence-corrected chi connectivity index (χ4v) is 5.34. The monoisotopic (exact) mass is 298 g/mol. The van der Waals surface area contributed by atoms with Crippen molar-refractivity contribution in [3.05, 3.63) is 0 Å². The molecule has 0 radical (unpaired) electrons. The zero-order valence-electron chi connectivity index (χ0n) is 10.0. The maximum Gasteiger partial charge on any atom is 0.211 e. The van der Waals surface area contributed by atoms with Gasteiger partial charge in [0.05, 0.1) is 16.6 Å². The van der Waals surface area contributed by atoms with Gasteiger partial charge in [-0.05, 0) is 6.42 Å². The van der Waals surface area contributed by atoms with Crippen molar-refractivity contribution in [2.45, 2.75) is 37.8 Å². The van der Waals surface area contributed by atoms with Crippen LogP contribution in [0.25, 0.3) is 0 Å². The third kappa shape index (κ3) is 4.26. The van der Waals surface area contributed by atoms with Crippen LogP contribution in [0, 0.1) is 0 Å². The van der Waals surface area contributed by atoms with Gasteiger partial charge in [0.1, 0.15) is 0 Å². The maximum absolute atomic E-state index is 11.8. The lowest BCUT2D eigenvalue weighted by Gasteiger charge is -2.08. The highest BCUT2D eigenvalue weighted by Crippen LogP contribution is 2.24. The van der Waals surface area contributed by atoms with Crippen LogP contribution in [0.5, 0.6) is 0 Å². The van der Waals surface area contributed by atoms with Crippen LogP contribution in [-0.2, 0) is 20.6 Å². The summed E-state index contributed by atoms with van der Waals surface area (Å²) in [5, 5.41) is 3.76. The van der Waals surface area contributed by atoms with E-state index in [2.05, 4.69) is 17.5 Å². The van der Waals surface area contributed by atoms with Crippen LogP contribution in [0.4, 0.5) is 0 Å². The molecule has 17 heavy (non-hydrogen) atoms. The minimum absolute atomic E-state index is 0.0235. The number of hydrogen-bond donors (Lipinski definition) is 1. The van der Waals surface area contributed by atoms with Crippen LogP contribution in [0.15, 0.2) is 5.10 Å². The molecule has 0 bridgehead atoms. The van der Waals surface area contributed by atoms with Crippen molar-refractivity contribution in [2.24, 2.45) is 5.10 Å². The summed E-state index contributed by atoms with van der Waals surface area (Å²) in [6.07, 6.45) is 3.02. The lowest BCUT2D eigenvalue weighted by Crippen LogP contribution is -2.24. The van der Waals surface area contributed by atoms with E-state index in [-0.39, 0.29) is 10.1 Å². The average molecular weight is 298 g/mol. The van der Waals surface area contributed by atoms with E-state index in [1.54, 1.807) is 6.92 Å². The van der Waals surface area contributed by atoms with E-state index >= 15 is 0 Å². The molecule has 0 amide bonds. The lowest BCUT2D eigenvalue weighted by atomic mass is 10.3. The number of sulfone groups is 1. The first kappa shape index (κ1) is 15.0. The zero-order valence-corrected chi connectivity index (χ0v) is 12.5. The Hall–Kier alpha value is -0.0800. The summed E-state index contributed by atoms with van der Waals surface area (Å²) in [7, 11) is -4.36. The largest absolute Gasteiger partial charge is 0.282 e. The SMILES string of the molecule is CCCCCS(=O)C1NN=C(S(=O)(=O)CC)S1. The molecule has 1 rings (SSSR count). The predicted molar refractivity (Wildman–Crippen MR) is 73.9 cm³/mol. The van der Waals surface area contributed by atoms with Gasteiger partial charge in [0.15, 0.2) is 4.71 Å². The molecule has 0 saturated heterocycles. The van der Waals surface area contributed by atoms with E-state index in [4.69, 9.17) is 0 Å². The Labute approximate surface area is 109 Å². The molecule has 2 unspecified atom stereocenters. The molecule has 0 aliphatic carbocycles. The van der Waals surface area contributed by atoms with Crippen molar-refractivity contribution in [1.82, 2.24) is 5.43 Å². The standard InChI is InChI=1S/C9H18N2O3S3/c1-3-5-6-7-16(12)8-10-11-9(15-8)17(13,14)4-2/h8,10H,3-7H2,1-2H3. The Morgan fingerprint density at radius 2 is 2.12 bits per heavy atom. The Morgan fingerprint density at radius 3 is 2.71 bits per heavy atom. The molecule has 0 aromatic carbocycles. The van der Waals surface area contributed by atoms with E-state index in [0.29, 0.717) is 5.75 Å². The number of unbranched alkanes of at least 4 members (excludes halogenated alkanes) is 2. The van der Waals surface area contributed by atoms with E-state index in [1.165, 1.54) is 0 Å². The van der Waals surface area contributed by atoms with E-state index in [1.807, 2.05) is 0 Å².